The lowest BCUT2D eigenvalue weighted by molar-refractivity contribution is 0.338. The van der Waals surface area contributed by atoms with Gasteiger partial charge in [0, 0.05) is 22.3 Å². The van der Waals surface area contributed by atoms with Gasteiger partial charge in [-0.25, -0.2) is 0 Å². The number of pyridine rings is 2. The molecule has 0 saturated carbocycles. The van der Waals surface area contributed by atoms with Gasteiger partial charge in [-0.15, -0.1) is 0 Å². The predicted octanol–water partition coefficient (Wildman–Crippen LogP) is 12.9. The van der Waals surface area contributed by atoms with Crippen LogP contribution in [0.3, 0.4) is 0 Å². The Balaban J connectivity index is 0.996. The van der Waals surface area contributed by atoms with Crippen molar-refractivity contribution >= 4 is 55.4 Å². The topological polar surface area (TPSA) is 57.0 Å². The van der Waals surface area contributed by atoms with Crippen molar-refractivity contribution in [2.45, 2.75) is 77.5 Å². The fourth-order valence-corrected chi connectivity index (χ4v) is 9.09. The van der Waals surface area contributed by atoms with E-state index in [1.54, 1.807) is 0 Å². The smallest absolute Gasteiger partial charge is 0.136 e. The van der Waals surface area contributed by atoms with Gasteiger partial charge in [-0.2, -0.15) is 0 Å². The van der Waals surface area contributed by atoms with Crippen LogP contribution in [0.25, 0.3) is 54.8 Å². The summed E-state index contributed by atoms with van der Waals surface area (Å²) in [4.78, 5) is 25.3. The molecule has 0 aliphatic carbocycles. The SMILES string of the molecule is CC1(C)N=C(c2ccccc2)N(c2ccc(-c3ccc4c5ccc(-c6ccc(N7C(c8ccccc8)=NC(C)(C)C7(C)C)cn6)cc5c5ccccc5c4c3)nc2)C1(C)C. The molecule has 6 aromatic carbocycles. The van der Waals surface area contributed by atoms with E-state index in [1.165, 1.54) is 32.3 Å². The van der Waals surface area contributed by atoms with Crippen LogP contribution < -0.4 is 9.80 Å². The minimum absolute atomic E-state index is 0.256. The molecule has 296 valence electrons. The normalized spacial score (nSPS) is 17.7. The minimum Gasteiger partial charge on any atom is -0.317 e. The summed E-state index contributed by atoms with van der Waals surface area (Å²) in [5, 5.41) is 7.30. The van der Waals surface area contributed by atoms with E-state index >= 15 is 0 Å². The summed E-state index contributed by atoms with van der Waals surface area (Å²) in [5.74, 6) is 1.95. The van der Waals surface area contributed by atoms with E-state index in [4.69, 9.17) is 20.0 Å². The zero-order valence-corrected chi connectivity index (χ0v) is 35.7. The van der Waals surface area contributed by atoms with Crippen LogP contribution in [0.5, 0.6) is 0 Å². The number of amidine groups is 2. The van der Waals surface area contributed by atoms with Gasteiger partial charge in [0.2, 0.25) is 0 Å². The van der Waals surface area contributed by atoms with Crippen molar-refractivity contribution in [1.82, 2.24) is 9.97 Å². The van der Waals surface area contributed by atoms with E-state index in [-0.39, 0.29) is 22.2 Å². The van der Waals surface area contributed by atoms with Crippen LogP contribution >= 0.6 is 0 Å². The van der Waals surface area contributed by atoms with Crippen LogP contribution in [0.1, 0.15) is 66.5 Å². The summed E-state index contributed by atoms with van der Waals surface area (Å²) >= 11 is 0. The molecule has 6 nitrogen and oxygen atoms in total. The summed E-state index contributed by atoms with van der Waals surface area (Å²) in [7, 11) is 0. The second-order valence-corrected chi connectivity index (χ2v) is 18.4. The van der Waals surface area contributed by atoms with E-state index in [9.17, 15) is 0 Å². The monoisotopic (exact) mass is 782 g/mol. The van der Waals surface area contributed by atoms with E-state index in [0.29, 0.717) is 0 Å². The minimum atomic E-state index is -0.285. The third-order valence-corrected chi connectivity index (χ3v) is 13.8. The molecule has 60 heavy (non-hydrogen) atoms. The van der Waals surface area contributed by atoms with Crippen LogP contribution in [0.4, 0.5) is 11.4 Å². The molecular formula is C54H50N6. The van der Waals surface area contributed by atoms with Crippen LogP contribution in [-0.4, -0.2) is 43.8 Å². The molecule has 8 aromatic rings. The maximum absolute atomic E-state index is 5.24. The Morgan fingerprint density at radius 1 is 0.350 bits per heavy atom. The number of rotatable bonds is 6. The van der Waals surface area contributed by atoms with E-state index in [2.05, 4.69) is 199 Å². The van der Waals surface area contributed by atoms with Crippen molar-refractivity contribution in [1.29, 1.82) is 0 Å². The fraction of sp³-hybridized carbons (Fsp3) is 0.222. The Kier molecular flexibility index (Phi) is 8.42. The van der Waals surface area contributed by atoms with Gasteiger partial charge in [-0.05, 0) is 124 Å². The van der Waals surface area contributed by atoms with Crippen molar-refractivity contribution < 1.29 is 0 Å². The quantitative estimate of drug-likeness (QED) is 0.158. The second-order valence-electron chi connectivity index (χ2n) is 18.4. The number of nitrogens with zero attached hydrogens (tertiary/aromatic N) is 6. The molecule has 10 rings (SSSR count). The zero-order valence-electron chi connectivity index (χ0n) is 35.7. The Morgan fingerprint density at radius 2 is 0.717 bits per heavy atom. The van der Waals surface area contributed by atoms with Crippen molar-refractivity contribution in [2.24, 2.45) is 9.98 Å². The van der Waals surface area contributed by atoms with Crippen LogP contribution in [0.2, 0.25) is 0 Å². The number of benzene rings is 6. The molecule has 2 aliphatic heterocycles. The molecule has 0 N–H and O–H groups in total. The van der Waals surface area contributed by atoms with Gasteiger partial charge in [-0.3, -0.25) is 20.0 Å². The first-order valence-electron chi connectivity index (χ1n) is 21.0. The Bertz CT molecular complexity index is 2790. The molecule has 0 spiro atoms. The Labute approximate surface area is 353 Å². The van der Waals surface area contributed by atoms with Gasteiger partial charge in [0.25, 0.3) is 0 Å². The number of anilines is 2. The van der Waals surface area contributed by atoms with Crippen LogP contribution in [0, 0.1) is 0 Å². The summed E-state index contributed by atoms with van der Waals surface area (Å²) in [6.45, 7) is 17.9. The molecule has 0 unspecified atom stereocenters. The Morgan fingerprint density at radius 3 is 1.08 bits per heavy atom. The molecule has 4 heterocycles. The largest absolute Gasteiger partial charge is 0.317 e. The van der Waals surface area contributed by atoms with Crippen molar-refractivity contribution in [3.63, 3.8) is 0 Å². The molecule has 0 atom stereocenters. The van der Waals surface area contributed by atoms with Crippen molar-refractivity contribution in [2.75, 3.05) is 9.80 Å². The highest BCUT2D eigenvalue weighted by molar-refractivity contribution is 6.26. The molecule has 2 aliphatic rings. The standard InChI is InChI=1S/C54H50N6/c1-51(2)53(5,6)59(49(57-51)35-17-11-9-12-18-35)39-25-29-47(55-33-39)37-23-27-43-44-28-24-38(32-46(44)42-22-16-15-21-41(42)45(43)31-37)48-30-26-40(34-56-48)60-50(36-19-13-10-14-20-36)58-52(3,4)54(60,7)8/h9-34H,1-8H3. The third-order valence-electron chi connectivity index (χ3n) is 13.8. The van der Waals surface area contributed by atoms with Crippen LogP contribution in [0.15, 0.2) is 168 Å². The average molecular weight is 783 g/mol. The van der Waals surface area contributed by atoms with Gasteiger partial charge in [0.05, 0.1) is 57.3 Å². The number of hydrogen-bond acceptors (Lipinski definition) is 6. The first-order valence-corrected chi connectivity index (χ1v) is 21.0. The highest BCUT2D eigenvalue weighted by Gasteiger charge is 2.51. The molecule has 0 fully saturated rings. The maximum Gasteiger partial charge on any atom is 0.136 e. The first kappa shape index (κ1) is 37.6. The summed E-state index contributed by atoms with van der Waals surface area (Å²) < 4.78 is 0. The van der Waals surface area contributed by atoms with Gasteiger partial charge in [0.15, 0.2) is 0 Å². The second kappa shape index (κ2) is 13.4. The number of fused-ring (bicyclic) bond motifs is 6. The lowest BCUT2D eigenvalue weighted by atomic mass is 9.83. The fourth-order valence-electron chi connectivity index (χ4n) is 9.09. The van der Waals surface area contributed by atoms with Crippen LogP contribution in [-0.2, 0) is 0 Å². The highest BCUT2D eigenvalue weighted by atomic mass is 15.3. The molecule has 2 aromatic heterocycles. The molecule has 6 heteroatoms. The Hall–Kier alpha value is -6.66. The van der Waals surface area contributed by atoms with Gasteiger partial charge >= 0.3 is 0 Å². The maximum atomic E-state index is 5.24. The van der Waals surface area contributed by atoms with E-state index in [1.807, 2.05) is 24.5 Å². The number of hydrogen-bond donors (Lipinski definition) is 0. The summed E-state index contributed by atoms with van der Waals surface area (Å²) in [5.41, 5.74) is 7.24. The first-order chi connectivity index (χ1) is 28.7. The number of aromatic nitrogens is 2. The summed E-state index contributed by atoms with van der Waals surface area (Å²) in [6.07, 6.45) is 4.01. The van der Waals surface area contributed by atoms with Crippen molar-refractivity contribution in [3.8, 4) is 22.5 Å². The lowest BCUT2D eigenvalue weighted by Crippen LogP contribution is -2.53. The van der Waals surface area contributed by atoms with E-state index < -0.39 is 0 Å². The molecule has 0 amide bonds. The zero-order chi connectivity index (χ0) is 41.6. The highest BCUT2D eigenvalue weighted by Crippen LogP contribution is 2.45. The molecular weight excluding hydrogens is 733 g/mol. The summed E-state index contributed by atoms with van der Waals surface area (Å²) in [6, 6.07) is 51.9. The average Bonchev–Trinajstić information content (AvgIpc) is 3.58. The predicted molar refractivity (Wildman–Crippen MR) is 253 cm³/mol. The molecule has 0 bridgehead atoms. The molecule has 0 radical (unpaired) electrons. The van der Waals surface area contributed by atoms with Crippen molar-refractivity contribution in [3.05, 3.63) is 169 Å². The van der Waals surface area contributed by atoms with Gasteiger partial charge in [-0.1, -0.05) is 109 Å². The third kappa shape index (κ3) is 5.76. The number of aliphatic imine (C=N–C) groups is 2. The lowest BCUT2D eigenvalue weighted by Gasteiger charge is -2.41. The van der Waals surface area contributed by atoms with Gasteiger partial charge in [0.1, 0.15) is 11.7 Å². The van der Waals surface area contributed by atoms with E-state index in [0.717, 1.165) is 56.7 Å². The molecule has 0 saturated heterocycles. The van der Waals surface area contributed by atoms with Gasteiger partial charge < -0.3 is 9.80 Å².